The molecule has 48 heavy (non-hydrogen) atoms. The van der Waals surface area contributed by atoms with Crippen LogP contribution in [0.3, 0.4) is 0 Å². The van der Waals surface area contributed by atoms with Gasteiger partial charge in [0.15, 0.2) is 0 Å². The fraction of sp³-hybridized carbons (Fsp3) is 0.884. The van der Waals surface area contributed by atoms with Crippen LogP contribution in [-0.4, -0.2) is 59.0 Å². The van der Waals surface area contributed by atoms with Crippen molar-refractivity contribution in [1.29, 1.82) is 0 Å². The number of aliphatic hydroxyl groups excluding tert-OH is 2. The summed E-state index contributed by atoms with van der Waals surface area (Å²) in [7, 11) is 0. The number of carbonyl (C=O) groups excluding carboxylic acids is 1. The first-order valence-corrected chi connectivity index (χ1v) is 21.0. The van der Waals surface area contributed by atoms with Crippen LogP contribution < -0.4 is 0 Å². The molecule has 0 bridgehead atoms. The van der Waals surface area contributed by atoms with Gasteiger partial charge in [-0.1, -0.05) is 141 Å². The molecule has 0 radical (unpaired) electrons. The summed E-state index contributed by atoms with van der Waals surface area (Å²) >= 11 is 0. The maximum atomic E-state index is 12.0. The van der Waals surface area contributed by atoms with Gasteiger partial charge >= 0.3 is 5.97 Å². The molecule has 284 valence electrons. The highest BCUT2D eigenvalue weighted by molar-refractivity contribution is 5.69. The molecule has 0 saturated carbocycles. The van der Waals surface area contributed by atoms with E-state index in [4.69, 9.17) is 4.74 Å². The molecule has 0 saturated heterocycles. The zero-order valence-corrected chi connectivity index (χ0v) is 32.6. The van der Waals surface area contributed by atoms with E-state index in [0.717, 1.165) is 38.5 Å². The van der Waals surface area contributed by atoms with Gasteiger partial charge in [0.25, 0.3) is 0 Å². The Morgan fingerprint density at radius 2 is 0.896 bits per heavy atom. The molecular formula is C43H83NO4. The minimum absolute atomic E-state index is 0.102. The third kappa shape index (κ3) is 33.3. The van der Waals surface area contributed by atoms with Gasteiger partial charge in [-0.2, -0.15) is 0 Å². The molecule has 0 aromatic rings. The molecule has 0 aliphatic heterocycles. The summed E-state index contributed by atoms with van der Waals surface area (Å²) in [5.74, 6) is -0.167. The lowest BCUT2D eigenvalue weighted by atomic mass is 10.0. The van der Waals surface area contributed by atoms with E-state index in [1.54, 1.807) is 0 Å². The minimum Gasteiger partial charge on any atom is -0.466 e. The lowest BCUT2D eigenvalue weighted by Crippen LogP contribution is -2.43. The van der Waals surface area contributed by atoms with Crippen LogP contribution >= 0.6 is 0 Å². The Kier molecular flexibility index (Phi) is 36.2. The number of rotatable bonds is 37. The van der Waals surface area contributed by atoms with Crippen LogP contribution in [0.1, 0.15) is 207 Å². The largest absolute Gasteiger partial charge is 0.466 e. The number of nitrogens with zero attached hydrogens (tertiary/aromatic N) is 1. The first-order valence-electron chi connectivity index (χ1n) is 21.0. The molecule has 0 amide bonds. The molecule has 0 aliphatic rings. The van der Waals surface area contributed by atoms with E-state index in [-0.39, 0.29) is 12.0 Å². The van der Waals surface area contributed by atoms with E-state index in [9.17, 15) is 15.0 Å². The lowest BCUT2D eigenvalue weighted by Gasteiger charge is -2.32. The van der Waals surface area contributed by atoms with Crippen molar-refractivity contribution in [2.45, 2.75) is 226 Å². The third-order valence-electron chi connectivity index (χ3n) is 9.68. The smallest absolute Gasteiger partial charge is 0.305 e. The molecule has 5 nitrogen and oxygen atoms in total. The Hall–Kier alpha value is -1.17. The number of aliphatic hydroxyl groups is 2. The van der Waals surface area contributed by atoms with Crippen molar-refractivity contribution in [3.63, 3.8) is 0 Å². The normalized spacial score (nSPS) is 14.0. The molecule has 0 aliphatic carbocycles. The fourth-order valence-corrected chi connectivity index (χ4v) is 6.45. The second kappa shape index (κ2) is 37.1. The highest BCUT2D eigenvalue weighted by Gasteiger charge is 2.21. The summed E-state index contributed by atoms with van der Waals surface area (Å²) in [6.45, 7) is 9.98. The van der Waals surface area contributed by atoms with Gasteiger partial charge in [0.05, 0.1) is 18.8 Å². The standard InChI is InChI=1S/C43H83NO4/c1-5-8-10-12-14-16-18-20-22-24-26-28-30-32-34-41(45)38-44(40(4)36-37-43(47)48-7-3)39-42(46)35-33-31-29-27-25-23-21-19-17-15-13-11-9-6-2/h20-23,40-42,45-46H,5-19,24-39H2,1-4H3/b22-20-,23-21-. The van der Waals surface area contributed by atoms with Crippen molar-refractivity contribution >= 4 is 5.97 Å². The molecule has 0 aromatic carbocycles. The highest BCUT2D eigenvalue weighted by Crippen LogP contribution is 2.16. The molecule has 2 N–H and O–H groups in total. The zero-order valence-electron chi connectivity index (χ0n) is 32.6. The Bertz CT molecular complexity index is 678. The van der Waals surface area contributed by atoms with Crippen molar-refractivity contribution in [2.75, 3.05) is 19.7 Å². The van der Waals surface area contributed by atoms with Crippen LogP contribution in [0.5, 0.6) is 0 Å². The highest BCUT2D eigenvalue weighted by atomic mass is 16.5. The second-order valence-electron chi connectivity index (χ2n) is 14.5. The van der Waals surface area contributed by atoms with Crippen LogP contribution in [-0.2, 0) is 9.53 Å². The number of esters is 1. The summed E-state index contributed by atoms with van der Waals surface area (Å²) in [6.07, 6.45) is 41.6. The maximum Gasteiger partial charge on any atom is 0.305 e. The third-order valence-corrected chi connectivity index (χ3v) is 9.68. The number of ether oxygens (including phenoxy) is 1. The number of hydrogen-bond donors (Lipinski definition) is 2. The molecular weight excluding hydrogens is 594 g/mol. The molecule has 3 unspecified atom stereocenters. The van der Waals surface area contributed by atoms with Crippen molar-refractivity contribution in [3.05, 3.63) is 24.3 Å². The predicted molar refractivity (Wildman–Crippen MR) is 209 cm³/mol. The number of carbonyl (C=O) groups is 1. The van der Waals surface area contributed by atoms with E-state index < -0.39 is 12.2 Å². The van der Waals surface area contributed by atoms with Gasteiger partial charge in [-0.25, -0.2) is 0 Å². The summed E-state index contributed by atoms with van der Waals surface area (Å²) in [5, 5.41) is 21.8. The lowest BCUT2D eigenvalue weighted by molar-refractivity contribution is -0.143. The van der Waals surface area contributed by atoms with Crippen LogP contribution in [0, 0.1) is 0 Å². The zero-order chi connectivity index (χ0) is 35.3. The molecule has 0 spiro atoms. The summed E-state index contributed by atoms with van der Waals surface area (Å²) in [4.78, 5) is 14.2. The van der Waals surface area contributed by atoms with E-state index >= 15 is 0 Å². The Morgan fingerprint density at radius 1 is 0.542 bits per heavy atom. The Morgan fingerprint density at radius 3 is 1.27 bits per heavy atom. The predicted octanol–water partition coefficient (Wildman–Crippen LogP) is 12.0. The summed E-state index contributed by atoms with van der Waals surface area (Å²) in [6, 6.07) is 0.102. The van der Waals surface area contributed by atoms with Gasteiger partial charge in [-0.05, 0) is 84.5 Å². The molecule has 5 heteroatoms. The van der Waals surface area contributed by atoms with Crippen molar-refractivity contribution in [1.82, 2.24) is 4.90 Å². The fourth-order valence-electron chi connectivity index (χ4n) is 6.45. The van der Waals surface area contributed by atoms with E-state index in [1.807, 2.05) is 6.92 Å². The van der Waals surface area contributed by atoms with Gasteiger partial charge in [0.1, 0.15) is 0 Å². The van der Waals surface area contributed by atoms with Gasteiger partial charge < -0.3 is 14.9 Å². The molecule has 0 fully saturated rings. The van der Waals surface area contributed by atoms with Gasteiger partial charge in [0, 0.05) is 25.6 Å². The first-order chi connectivity index (χ1) is 23.4. The SMILES string of the molecule is CCCCCCCC/C=C\CCCCCCC(O)CN(CC(O)CCCCCC/C=C\CCCCCCCC)C(C)CCC(=O)OCC. The molecule has 0 aromatic heterocycles. The van der Waals surface area contributed by atoms with Crippen LogP contribution in [0.25, 0.3) is 0 Å². The monoisotopic (exact) mass is 678 g/mol. The van der Waals surface area contributed by atoms with Crippen molar-refractivity contribution in [2.24, 2.45) is 0 Å². The first kappa shape index (κ1) is 46.8. The van der Waals surface area contributed by atoms with Gasteiger partial charge in [-0.3, -0.25) is 9.69 Å². The Labute approximate surface area is 299 Å². The van der Waals surface area contributed by atoms with Crippen LogP contribution in [0.15, 0.2) is 24.3 Å². The number of unbranched alkanes of at least 4 members (excludes halogenated alkanes) is 20. The topological polar surface area (TPSA) is 70.0 Å². The van der Waals surface area contributed by atoms with Crippen molar-refractivity contribution < 1.29 is 19.7 Å². The van der Waals surface area contributed by atoms with Crippen molar-refractivity contribution in [3.8, 4) is 0 Å². The Balaban J connectivity index is 4.27. The second-order valence-corrected chi connectivity index (χ2v) is 14.5. The number of hydrogen-bond acceptors (Lipinski definition) is 5. The van der Waals surface area contributed by atoms with Crippen LogP contribution in [0.2, 0.25) is 0 Å². The summed E-state index contributed by atoms with van der Waals surface area (Å²) < 4.78 is 5.14. The number of allylic oxidation sites excluding steroid dienone is 4. The summed E-state index contributed by atoms with van der Waals surface area (Å²) in [5.41, 5.74) is 0. The average Bonchev–Trinajstić information content (AvgIpc) is 3.07. The molecule has 3 atom stereocenters. The van der Waals surface area contributed by atoms with Crippen LogP contribution in [0.4, 0.5) is 0 Å². The van der Waals surface area contributed by atoms with E-state index in [0.29, 0.717) is 32.5 Å². The van der Waals surface area contributed by atoms with E-state index in [1.165, 1.54) is 128 Å². The van der Waals surface area contributed by atoms with Gasteiger partial charge in [0.2, 0.25) is 0 Å². The average molecular weight is 678 g/mol. The van der Waals surface area contributed by atoms with E-state index in [2.05, 4.69) is 50.0 Å². The molecule has 0 heterocycles. The minimum atomic E-state index is -0.409. The quantitative estimate of drug-likeness (QED) is 0.0389. The maximum absolute atomic E-state index is 12.0. The van der Waals surface area contributed by atoms with Gasteiger partial charge in [-0.15, -0.1) is 0 Å². The molecule has 0 rings (SSSR count).